The first-order chi connectivity index (χ1) is 9.40. The van der Waals surface area contributed by atoms with Gasteiger partial charge in [-0.25, -0.2) is 9.97 Å². The van der Waals surface area contributed by atoms with Crippen molar-refractivity contribution < 1.29 is 4.79 Å². The Bertz CT molecular complexity index is 481. The van der Waals surface area contributed by atoms with Crippen LogP contribution in [0, 0.1) is 0 Å². The first-order valence-corrected chi connectivity index (χ1v) is 7.28. The van der Waals surface area contributed by atoms with Crippen LogP contribution in [0.4, 0.5) is 5.82 Å². The maximum Gasteiger partial charge on any atom is 0.222 e. The predicted molar refractivity (Wildman–Crippen MR) is 79.6 cm³/mol. The molecule has 0 saturated carbocycles. The number of nitrogens with zero attached hydrogens (tertiary/aromatic N) is 3. The van der Waals surface area contributed by atoms with E-state index in [1.165, 1.54) is 0 Å². The third kappa shape index (κ3) is 3.46. The molecule has 1 fully saturated rings. The number of nitrogens with one attached hydrogen (secondary N) is 1. The molecule has 5 heteroatoms. The summed E-state index contributed by atoms with van der Waals surface area (Å²) in [5.74, 6) is 1.91. The van der Waals surface area contributed by atoms with E-state index in [0.717, 1.165) is 31.2 Å². The predicted octanol–water partition coefficient (Wildman–Crippen LogP) is 2.20. The van der Waals surface area contributed by atoms with E-state index in [2.05, 4.69) is 36.1 Å². The maximum absolute atomic E-state index is 11.7. The first-order valence-electron chi connectivity index (χ1n) is 7.28. The fourth-order valence-corrected chi connectivity index (χ4v) is 2.34. The van der Waals surface area contributed by atoms with Crippen molar-refractivity contribution in [3.05, 3.63) is 18.1 Å². The van der Waals surface area contributed by atoms with Crippen LogP contribution in [0.3, 0.4) is 0 Å². The van der Waals surface area contributed by atoms with Gasteiger partial charge in [-0.3, -0.25) is 4.79 Å². The van der Waals surface area contributed by atoms with E-state index in [-0.39, 0.29) is 17.4 Å². The van der Waals surface area contributed by atoms with Gasteiger partial charge in [-0.05, 0) is 12.5 Å². The minimum Gasteiger partial charge on any atom is -0.365 e. The summed E-state index contributed by atoms with van der Waals surface area (Å²) in [5, 5.41) is 3.42. The Labute approximate surface area is 120 Å². The SMILES string of the molecule is CCC(=O)N1CCC(Nc2ccnc(C(C)(C)C)n2)C1. The van der Waals surface area contributed by atoms with E-state index in [4.69, 9.17) is 0 Å². The molecule has 1 amide bonds. The normalized spacial score (nSPS) is 19.2. The molecule has 1 atom stereocenters. The summed E-state index contributed by atoms with van der Waals surface area (Å²) in [6.07, 6.45) is 3.34. The molecule has 1 aromatic heterocycles. The van der Waals surface area contributed by atoms with E-state index in [1.807, 2.05) is 17.9 Å². The molecular formula is C15H24N4O. The molecule has 1 unspecified atom stereocenters. The number of amides is 1. The lowest BCUT2D eigenvalue weighted by atomic mass is 9.96. The summed E-state index contributed by atoms with van der Waals surface area (Å²) < 4.78 is 0. The molecular weight excluding hydrogens is 252 g/mol. The van der Waals surface area contributed by atoms with Crippen LogP contribution < -0.4 is 5.32 Å². The molecule has 0 aromatic carbocycles. The minimum absolute atomic E-state index is 0.0580. The Morgan fingerprint density at radius 1 is 1.50 bits per heavy atom. The fraction of sp³-hybridized carbons (Fsp3) is 0.667. The van der Waals surface area contributed by atoms with Crippen molar-refractivity contribution in [2.45, 2.75) is 52.0 Å². The number of carbonyl (C=O) groups is 1. The van der Waals surface area contributed by atoms with Crippen LogP contribution in [-0.2, 0) is 10.2 Å². The lowest BCUT2D eigenvalue weighted by molar-refractivity contribution is -0.129. The minimum atomic E-state index is -0.0580. The van der Waals surface area contributed by atoms with E-state index < -0.39 is 0 Å². The smallest absolute Gasteiger partial charge is 0.222 e. The first kappa shape index (κ1) is 14.8. The van der Waals surface area contributed by atoms with Gasteiger partial charge in [0.05, 0.1) is 0 Å². The van der Waals surface area contributed by atoms with Gasteiger partial charge >= 0.3 is 0 Å². The Hall–Kier alpha value is -1.65. The van der Waals surface area contributed by atoms with Crippen LogP contribution in [0.25, 0.3) is 0 Å². The van der Waals surface area contributed by atoms with Crippen LogP contribution >= 0.6 is 0 Å². The number of hydrogen-bond acceptors (Lipinski definition) is 4. The Morgan fingerprint density at radius 2 is 2.25 bits per heavy atom. The third-order valence-corrected chi connectivity index (χ3v) is 3.52. The summed E-state index contributed by atoms with van der Waals surface area (Å²) in [6, 6.07) is 2.17. The van der Waals surface area contributed by atoms with Gasteiger partial charge in [0.1, 0.15) is 11.6 Å². The fourth-order valence-electron chi connectivity index (χ4n) is 2.34. The van der Waals surface area contributed by atoms with Crippen LogP contribution in [0.5, 0.6) is 0 Å². The van der Waals surface area contributed by atoms with Gasteiger partial charge in [-0.15, -0.1) is 0 Å². The van der Waals surface area contributed by atoms with Crippen LogP contribution in [0.15, 0.2) is 12.3 Å². The van der Waals surface area contributed by atoms with Gasteiger partial charge < -0.3 is 10.2 Å². The molecule has 1 aliphatic heterocycles. The van der Waals surface area contributed by atoms with E-state index >= 15 is 0 Å². The van der Waals surface area contributed by atoms with Crippen molar-refractivity contribution in [2.75, 3.05) is 18.4 Å². The standard InChI is InChI=1S/C15H24N4O/c1-5-13(20)19-9-7-11(10-19)17-12-6-8-16-14(18-12)15(2,3)4/h6,8,11H,5,7,9-10H2,1-4H3,(H,16,17,18). The monoisotopic (exact) mass is 276 g/mol. The summed E-state index contributed by atoms with van der Waals surface area (Å²) in [4.78, 5) is 22.5. The maximum atomic E-state index is 11.7. The van der Waals surface area contributed by atoms with Gasteiger partial charge in [0.2, 0.25) is 5.91 Å². The second-order valence-electron chi connectivity index (χ2n) is 6.34. The highest BCUT2D eigenvalue weighted by molar-refractivity contribution is 5.76. The number of aromatic nitrogens is 2. The molecule has 20 heavy (non-hydrogen) atoms. The number of hydrogen-bond donors (Lipinski definition) is 1. The van der Waals surface area contributed by atoms with E-state index in [9.17, 15) is 4.79 Å². The summed E-state index contributed by atoms with van der Waals surface area (Å²) >= 11 is 0. The van der Waals surface area contributed by atoms with Crippen molar-refractivity contribution in [2.24, 2.45) is 0 Å². The van der Waals surface area contributed by atoms with Crippen LogP contribution in [-0.4, -0.2) is 39.9 Å². The zero-order valence-corrected chi connectivity index (χ0v) is 12.8. The van der Waals surface area contributed by atoms with Crippen LogP contribution in [0.1, 0.15) is 46.4 Å². The highest BCUT2D eigenvalue weighted by atomic mass is 16.2. The zero-order chi connectivity index (χ0) is 14.8. The molecule has 1 aliphatic rings. The second kappa shape index (κ2) is 5.77. The number of anilines is 1. The Morgan fingerprint density at radius 3 is 2.90 bits per heavy atom. The largest absolute Gasteiger partial charge is 0.365 e. The van der Waals surface area contributed by atoms with Gasteiger partial charge in [-0.2, -0.15) is 0 Å². The molecule has 1 N–H and O–H groups in total. The van der Waals surface area contributed by atoms with Gasteiger partial charge in [0.15, 0.2) is 0 Å². The second-order valence-corrected chi connectivity index (χ2v) is 6.34. The van der Waals surface area contributed by atoms with Gasteiger partial charge in [0.25, 0.3) is 0 Å². The molecule has 0 spiro atoms. The summed E-state index contributed by atoms with van der Waals surface area (Å²) in [6.45, 7) is 9.81. The quantitative estimate of drug-likeness (QED) is 0.919. The average Bonchev–Trinajstić information content (AvgIpc) is 2.85. The topological polar surface area (TPSA) is 58.1 Å². The summed E-state index contributed by atoms with van der Waals surface area (Å²) in [7, 11) is 0. The molecule has 0 bridgehead atoms. The highest BCUT2D eigenvalue weighted by Crippen LogP contribution is 2.20. The van der Waals surface area contributed by atoms with Crippen molar-refractivity contribution in [1.29, 1.82) is 0 Å². The molecule has 1 saturated heterocycles. The van der Waals surface area contributed by atoms with Crippen molar-refractivity contribution in [3.8, 4) is 0 Å². The lowest BCUT2D eigenvalue weighted by Crippen LogP contribution is -2.31. The average molecular weight is 276 g/mol. The number of carbonyl (C=O) groups excluding carboxylic acids is 1. The Balaban J connectivity index is 2.00. The number of likely N-dealkylation sites (tertiary alicyclic amines) is 1. The zero-order valence-electron chi connectivity index (χ0n) is 12.8. The number of rotatable bonds is 3. The van der Waals surface area contributed by atoms with E-state index in [0.29, 0.717) is 6.42 Å². The van der Waals surface area contributed by atoms with E-state index in [1.54, 1.807) is 6.20 Å². The third-order valence-electron chi connectivity index (χ3n) is 3.52. The Kier molecular flexibility index (Phi) is 4.26. The molecule has 2 rings (SSSR count). The molecule has 0 radical (unpaired) electrons. The highest BCUT2D eigenvalue weighted by Gasteiger charge is 2.25. The van der Waals surface area contributed by atoms with Crippen molar-refractivity contribution in [1.82, 2.24) is 14.9 Å². The molecule has 5 nitrogen and oxygen atoms in total. The molecule has 2 heterocycles. The van der Waals surface area contributed by atoms with Crippen molar-refractivity contribution in [3.63, 3.8) is 0 Å². The van der Waals surface area contributed by atoms with Crippen molar-refractivity contribution >= 4 is 11.7 Å². The van der Waals surface area contributed by atoms with Gasteiger partial charge in [-0.1, -0.05) is 27.7 Å². The summed E-state index contributed by atoms with van der Waals surface area (Å²) in [5.41, 5.74) is -0.0580. The molecule has 0 aliphatic carbocycles. The molecule has 1 aromatic rings. The van der Waals surface area contributed by atoms with Crippen LogP contribution in [0.2, 0.25) is 0 Å². The lowest BCUT2D eigenvalue weighted by Gasteiger charge is -2.19. The van der Waals surface area contributed by atoms with Gasteiger partial charge in [0, 0.05) is 37.2 Å². The molecule has 110 valence electrons.